The molecule has 0 N–H and O–H groups in total. The number of methoxy groups -OCH3 is 2. The normalized spacial score (nSPS) is 12.1. The zero-order valence-electron chi connectivity index (χ0n) is 30.8. The molecular weight excluding hydrogens is 739 g/mol. The zero-order valence-corrected chi connectivity index (χ0v) is 34.0. The first-order valence-electron chi connectivity index (χ1n) is 15.4. The Morgan fingerprint density at radius 3 is 1.38 bits per heavy atom. The van der Waals surface area contributed by atoms with Gasteiger partial charge in [-0.1, -0.05) is 103 Å². The first-order chi connectivity index (χ1) is 20.7. The number of hydrogen-bond donors (Lipinski definition) is 0. The second-order valence-electron chi connectivity index (χ2n) is 13.9. The third kappa shape index (κ3) is 13.3. The van der Waals surface area contributed by atoms with E-state index < -0.39 is 23.5 Å². The standard InChI is InChI=1S/C31H49O2P.C4H7.CHF3O3S.Pd/c1-19(2)22-17-23(20(3)4)27(24(18-22)21(5)6)28-25(32-13)15-16-26(33-14)29(28)34(30(7,8)9)31(10,11)12;1-3-4-2;2-1(3,4)8(5,6)7;/h15-21H,1-14H3;3-4H,1H2,2H3;(H,5,6,7);/q;-1;;+2/p-1. The summed E-state index contributed by atoms with van der Waals surface area (Å²) in [6.45, 7) is 33.5. The summed E-state index contributed by atoms with van der Waals surface area (Å²) in [7, 11) is -3.10. The summed E-state index contributed by atoms with van der Waals surface area (Å²) in [5.41, 5.74) is 1.16. The Balaban J connectivity index is 0. The molecule has 2 rings (SSSR count). The summed E-state index contributed by atoms with van der Waals surface area (Å²) >= 11 is 0. The Morgan fingerprint density at radius 1 is 0.809 bits per heavy atom. The number of allylic oxidation sites excluding steroid dienone is 1. The number of rotatable bonds is 8. The molecule has 0 aromatic heterocycles. The fourth-order valence-electron chi connectivity index (χ4n) is 5.27. The molecule has 0 atom stereocenters. The average Bonchev–Trinajstić information content (AvgIpc) is 2.89. The summed E-state index contributed by atoms with van der Waals surface area (Å²) < 4.78 is 71.1. The Labute approximate surface area is 298 Å². The van der Waals surface area contributed by atoms with Gasteiger partial charge in [0.25, 0.3) is 0 Å². The van der Waals surface area contributed by atoms with Crippen LogP contribution in [-0.2, 0) is 30.5 Å². The van der Waals surface area contributed by atoms with Gasteiger partial charge in [0, 0.05) is 10.9 Å². The van der Waals surface area contributed by atoms with E-state index in [1.807, 2.05) is 20.5 Å². The third-order valence-corrected chi connectivity index (χ3v) is 11.2. The van der Waals surface area contributed by atoms with Crippen LogP contribution in [0.5, 0.6) is 11.5 Å². The average molecular weight is 795 g/mol. The second-order valence-corrected chi connectivity index (χ2v) is 19.1. The maximum absolute atomic E-state index is 10.7. The van der Waals surface area contributed by atoms with E-state index in [2.05, 4.69) is 114 Å². The molecule has 0 saturated carbocycles. The zero-order chi connectivity index (χ0) is 36.6. The molecule has 11 heteroatoms. The fraction of sp³-hybridized carbons (Fsp3) is 0.583. The molecule has 272 valence electrons. The molecule has 0 radical (unpaired) electrons. The summed E-state index contributed by atoms with van der Waals surface area (Å²) in [5, 5.41) is 1.52. The minimum atomic E-state index is -6.09. The molecule has 47 heavy (non-hydrogen) atoms. The van der Waals surface area contributed by atoms with Gasteiger partial charge in [-0.25, -0.2) is 27.5 Å². The molecule has 0 heterocycles. The van der Waals surface area contributed by atoms with Crippen molar-refractivity contribution in [2.75, 3.05) is 14.2 Å². The van der Waals surface area contributed by atoms with Crippen molar-refractivity contribution in [1.29, 1.82) is 0 Å². The van der Waals surface area contributed by atoms with Crippen molar-refractivity contribution in [3.63, 3.8) is 0 Å². The molecule has 0 amide bonds. The van der Waals surface area contributed by atoms with Crippen LogP contribution in [0.2, 0.25) is 0 Å². The first-order valence-corrected chi connectivity index (χ1v) is 18.1. The summed E-state index contributed by atoms with van der Waals surface area (Å²) in [5.74, 6) is 3.19. The molecule has 0 spiro atoms. The van der Waals surface area contributed by atoms with E-state index in [0.29, 0.717) is 17.8 Å². The molecule has 0 bridgehead atoms. The van der Waals surface area contributed by atoms with E-state index in [1.54, 1.807) is 13.2 Å². The quantitative estimate of drug-likeness (QED) is 0.0875. The molecule has 0 aliphatic carbocycles. The maximum atomic E-state index is 10.7. The van der Waals surface area contributed by atoms with Crippen LogP contribution in [0.4, 0.5) is 13.2 Å². The predicted octanol–water partition coefficient (Wildman–Crippen LogP) is 10.9. The van der Waals surface area contributed by atoms with Gasteiger partial charge in [0.1, 0.15) is 11.5 Å². The van der Waals surface area contributed by atoms with E-state index in [9.17, 15) is 13.2 Å². The van der Waals surface area contributed by atoms with Crippen molar-refractivity contribution in [1.82, 2.24) is 0 Å². The largest absolute Gasteiger partial charge is 2.00 e. The van der Waals surface area contributed by atoms with Crippen molar-refractivity contribution >= 4 is 23.3 Å². The van der Waals surface area contributed by atoms with Gasteiger partial charge >= 0.3 is 25.9 Å². The van der Waals surface area contributed by atoms with E-state index >= 15 is 0 Å². The number of ether oxygens (including phenoxy) is 2. The van der Waals surface area contributed by atoms with Gasteiger partial charge in [-0.05, 0) is 62.5 Å². The van der Waals surface area contributed by atoms with Crippen LogP contribution in [0.25, 0.3) is 11.1 Å². The molecule has 0 unspecified atom stereocenters. The Kier molecular flexibility index (Phi) is 19.2. The molecule has 2 aromatic carbocycles. The van der Waals surface area contributed by atoms with Crippen LogP contribution < -0.4 is 14.8 Å². The third-order valence-electron chi connectivity index (χ3n) is 7.01. The number of benzene rings is 2. The van der Waals surface area contributed by atoms with Gasteiger partial charge in [-0.3, -0.25) is 0 Å². The minimum absolute atomic E-state index is 0. The monoisotopic (exact) mass is 794 g/mol. The Morgan fingerprint density at radius 2 is 1.15 bits per heavy atom. The van der Waals surface area contributed by atoms with Crippen LogP contribution in [0.1, 0.15) is 124 Å². The topological polar surface area (TPSA) is 75.7 Å². The van der Waals surface area contributed by atoms with Gasteiger partial charge in [0.05, 0.1) is 14.2 Å². The second kappa shape index (κ2) is 19.0. The fourth-order valence-corrected chi connectivity index (χ4v) is 9.46. The van der Waals surface area contributed by atoms with Gasteiger partial charge in [-0.2, -0.15) is 13.2 Å². The summed E-state index contributed by atoms with van der Waals surface area (Å²) in [6, 6.07) is 9.09. The molecule has 0 aliphatic rings. The molecule has 2 aromatic rings. The van der Waals surface area contributed by atoms with E-state index in [0.717, 1.165) is 11.5 Å². The molecule has 5 nitrogen and oxygen atoms in total. The van der Waals surface area contributed by atoms with Gasteiger partial charge in [0.15, 0.2) is 10.1 Å². The first kappa shape index (κ1) is 47.6. The van der Waals surface area contributed by atoms with Crippen LogP contribution >= 0.6 is 7.92 Å². The number of halogens is 3. The van der Waals surface area contributed by atoms with Gasteiger partial charge in [0.2, 0.25) is 0 Å². The Bertz CT molecular complexity index is 1350. The van der Waals surface area contributed by atoms with Gasteiger partial charge < -0.3 is 14.0 Å². The molecule has 0 saturated heterocycles. The summed E-state index contributed by atoms with van der Waals surface area (Å²) in [4.78, 5) is 0. The SMILES string of the molecule is C=C[CH-]C.COc1ccc(OC)c(P(C(C)(C)C)C(C)(C)C)c1-c1c(C(C)C)cc(C(C)C)cc1C(C)C.O=S(=O)([O-])C(F)(F)F.[Pd+2]. The summed E-state index contributed by atoms with van der Waals surface area (Å²) in [6.07, 6.45) is 3.64. The Hall–Kier alpha value is -1.56. The van der Waals surface area contributed by atoms with E-state index in [-0.39, 0.29) is 30.7 Å². The van der Waals surface area contributed by atoms with E-state index in [1.165, 1.54) is 33.1 Å². The number of alkyl halides is 3. The number of hydrogen-bond acceptors (Lipinski definition) is 5. The van der Waals surface area contributed by atoms with Crippen LogP contribution in [0, 0.1) is 6.42 Å². The molecular formula is C36H56F3O5PPdS. The van der Waals surface area contributed by atoms with E-state index in [4.69, 9.17) is 22.4 Å². The van der Waals surface area contributed by atoms with Crippen molar-refractivity contribution in [2.24, 2.45) is 0 Å². The van der Waals surface area contributed by atoms with Crippen LogP contribution in [0.3, 0.4) is 0 Å². The minimum Gasteiger partial charge on any atom is -0.741 e. The van der Waals surface area contributed by atoms with Gasteiger partial charge in [-0.15, -0.1) is 6.92 Å². The molecule has 0 aliphatic heterocycles. The van der Waals surface area contributed by atoms with Crippen molar-refractivity contribution in [2.45, 2.75) is 124 Å². The predicted molar refractivity (Wildman–Crippen MR) is 189 cm³/mol. The van der Waals surface area contributed by atoms with Crippen molar-refractivity contribution in [3.05, 3.63) is 60.0 Å². The smallest absolute Gasteiger partial charge is 0.741 e. The van der Waals surface area contributed by atoms with Crippen molar-refractivity contribution < 1.29 is 56.0 Å². The van der Waals surface area contributed by atoms with Crippen LogP contribution in [-0.4, -0.2) is 43.0 Å². The molecule has 0 fully saturated rings. The maximum Gasteiger partial charge on any atom is 2.00 e. The van der Waals surface area contributed by atoms with Crippen LogP contribution in [0.15, 0.2) is 36.9 Å². The van der Waals surface area contributed by atoms with Crippen molar-refractivity contribution in [3.8, 4) is 22.6 Å².